The number of ether oxygens (including phenoxy) is 2. The second-order valence-corrected chi connectivity index (χ2v) is 8.79. The van der Waals surface area contributed by atoms with Gasteiger partial charge in [-0.2, -0.15) is 0 Å². The number of carbonyl (C=O) groups is 1. The Balaban J connectivity index is 1.31. The van der Waals surface area contributed by atoms with Crippen LogP contribution >= 0.6 is 0 Å². The highest BCUT2D eigenvalue weighted by atomic mass is 16.6. The average Bonchev–Trinajstić information content (AvgIpc) is 2.93. The second kappa shape index (κ2) is 5.20. The molecule has 6 atom stereocenters. The molecule has 3 heteroatoms. The Morgan fingerprint density at radius 1 is 1.12 bits per heavy atom. The first-order valence-electron chi connectivity index (χ1n) is 9.65. The molecular weight excluding hydrogens is 312 g/mol. The van der Waals surface area contributed by atoms with E-state index in [0.717, 1.165) is 18.4 Å². The lowest BCUT2D eigenvalue weighted by Crippen LogP contribution is -2.35. The van der Waals surface area contributed by atoms with Crippen molar-refractivity contribution in [1.82, 2.24) is 0 Å². The monoisotopic (exact) mass is 338 g/mol. The average molecular weight is 338 g/mol. The summed E-state index contributed by atoms with van der Waals surface area (Å²) in [5.41, 5.74) is 1.33. The fourth-order valence-electron chi connectivity index (χ4n) is 6.58. The van der Waals surface area contributed by atoms with Crippen LogP contribution in [-0.4, -0.2) is 23.8 Å². The molecule has 0 radical (unpaired) electrons. The highest BCUT2D eigenvalue weighted by Gasteiger charge is 2.81. The summed E-state index contributed by atoms with van der Waals surface area (Å²) in [6, 6.07) is 9.89. The van der Waals surface area contributed by atoms with Gasteiger partial charge in [0, 0.05) is 12.0 Å². The highest BCUT2D eigenvalue weighted by Crippen LogP contribution is 2.75. The predicted molar refractivity (Wildman–Crippen MR) is 95.7 cm³/mol. The zero-order valence-electron chi connectivity index (χ0n) is 15.0. The van der Waals surface area contributed by atoms with Crippen LogP contribution in [0.4, 0.5) is 0 Å². The van der Waals surface area contributed by atoms with Gasteiger partial charge in [-0.05, 0) is 54.6 Å². The number of hydrogen-bond acceptors (Lipinski definition) is 3. The summed E-state index contributed by atoms with van der Waals surface area (Å²) in [4.78, 5) is 12.4. The molecule has 4 aliphatic rings. The zero-order valence-corrected chi connectivity index (χ0v) is 15.0. The topological polar surface area (TPSA) is 38.8 Å². The second-order valence-electron chi connectivity index (χ2n) is 8.79. The Morgan fingerprint density at radius 2 is 1.88 bits per heavy atom. The summed E-state index contributed by atoms with van der Waals surface area (Å²) < 4.78 is 12.2. The molecule has 1 heterocycles. The first-order chi connectivity index (χ1) is 12.0. The fraction of sp³-hybridized carbons (Fsp3) is 0.591. The van der Waals surface area contributed by atoms with Crippen LogP contribution < -0.4 is 0 Å². The number of hydrogen-bond donors (Lipinski definition) is 0. The molecule has 1 aromatic carbocycles. The predicted octanol–water partition coefficient (Wildman–Crippen LogP) is 4.23. The van der Waals surface area contributed by atoms with Crippen LogP contribution in [0.2, 0.25) is 0 Å². The van der Waals surface area contributed by atoms with Gasteiger partial charge in [-0.3, -0.25) is 0 Å². The Hall–Kier alpha value is -1.61. The van der Waals surface area contributed by atoms with Crippen molar-refractivity contribution in [2.75, 3.05) is 0 Å². The van der Waals surface area contributed by atoms with Crippen LogP contribution in [0.15, 0.2) is 36.4 Å². The van der Waals surface area contributed by atoms with E-state index in [9.17, 15) is 4.79 Å². The van der Waals surface area contributed by atoms with Crippen molar-refractivity contribution in [2.24, 2.45) is 23.2 Å². The van der Waals surface area contributed by atoms with Gasteiger partial charge in [0.05, 0.1) is 6.10 Å². The molecule has 1 saturated heterocycles. The van der Waals surface area contributed by atoms with Gasteiger partial charge in [-0.25, -0.2) is 4.79 Å². The molecule has 132 valence electrons. The summed E-state index contributed by atoms with van der Waals surface area (Å²) in [7, 11) is 0. The van der Waals surface area contributed by atoms with Gasteiger partial charge in [0.25, 0.3) is 0 Å². The molecule has 1 spiro atoms. The summed E-state index contributed by atoms with van der Waals surface area (Å²) in [6.45, 7) is 4.77. The molecule has 3 nitrogen and oxygen atoms in total. The van der Waals surface area contributed by atoms with E-state index in [1.165, 1.54) is 12.8 Å². The first kappa shape index (κ1) is 15.6. The van der Waals surface area contributed by atoms with Crippen molar-refractivity contribution in [2.45, 2.75) is 57.3 Å². The lowest BCUT2D eigenvalue weighted by molar-refractivity contribution is -0.145. The van der Waals surface area contributed by atoms with Crippen LogP contribution in [0.25, 0.3) is 6.08 Å². The molecule has 6 unspecified atom stereocenters. The van der Waals surface area contributed by atoms with Crippen LogP contribution in [0.5, 0.6) is 0 Å². The smallest absolute Gasteiger partial charge is 0.331 e. The third kappa shape index (κ3) is 2.05. The van der Waals surface area contributed by atoms with E-state index < -0.39 is 0 Å². The minimum atomic E-state index is -0.209. The van der Waals surface area contributed by atoms with E-state index in [2.05, 4.69) is 13.8 Å². The fourth-order valence-corrected chi connectivity index (χ4v) is 6.58. The molecule has 1 aromatic rings. The number of benzene rings is 1. The summed E-state index contributed by atoms with van der Waals surface area (Å²) >= 11 is 0. The van der Waals surface area contributed by atoms with E-state index in [0.29, 0.717) is 23.9 Å². The minimum Gasteiger partial charge on any atom is -0.459 e. The van der Waals surface area contributed by atoms with Gasteiger partial charge < -0.3 is 9.47 Å². The summed E-state index contributed by atoms with van der Waals surface area (Å²) in [5, 5.41) is 0. The SMILES string of the molecule is CC1(C)C2CCC(OC(=O)C=Cc3ccccc3)C2C2CCC3OC321. The molecule has 1 aliphatic heterocycles. The Kier molecular flexibility index (Phi) is 3.25. The van der Waals surface area contributed by atoms with Crippen molar-refractivity contribution in [3.63, 3.8) is 0 Å². The normalized spacial score (nSPS) is 42.9. The third-order valence-electron chi connectivity index (χ3n) is 7.58. The van der Waals surface area contributed by atoms with Crippen LogP contribution in [0, 0.1) is 23.2 Å². The number of epoxide rings is 1. The van der Waals surface area contributed by atoms with Crippen molar-refractivity contribution < 1.29 is 14.3 Å². The maximum atomic E-state index is 12.4. The maximum Gasteiger partial charge on any atom is 0.331 e. The quantitative estimate of drug-likeness (QED) is 0.470. The molecule has 5 rings (SSSR count). The maximum absolute atomic E-state index is 12.4. The van der Waals surface area contributed by atoms with E-state index >= 15 is 0 Å². The van der Waals surface area contributed by atoms with Crippen molar-refractivity contribution in [3.8, 4) is 0 Å². The van der Waals surface area contributed by atoms with Gasteiger partial charge >= 0.3 is 5.97 Å². The highest BCUT2D eigenvalue weighted by molar-refractivity contribution is 5.87. The van der Waals surface area contributed by atoms with Crippen LogP contribution in [-0.2, 0) is 14.3 Å². The van der Waals surface area contributed by atoms with E-state index in [-0.39, 0.29) is 23.1 Å². The molecule has 25 heavy (non-hydrogen) atoms. The lowest BCUT2D eigenvalue weighted by Gasteiger charge is -2.30. The minimum absolute atomic E-state index is 0.0597. The van der Waals surface area contributed by atoms with Crippen molar-refractivity contribution in [3.05, 3.63) is 42.0 Å². The van der Waals surface area contributed by atoms with Crippen LogP contribution in [0.3, 0.4) is 0 Å². The van der Waals surface area contributed by atoms with Crippen molar-refractivity contribution in [1.29, 1.82) is 0 Å². The Labute approximate surface area is 149 Å². The number of rotatable bonds is 3. The molecule has 0 N–H and O–H groups in total. The van der Waals surface area contributed by atoms with Gasteiger partial charge in [0.1, 0.15) is 11.7 Å². The number of esters is 1. The van der Waals surface area contributed by atoms with E-state index in [1.54, 1.807) is 6.08 Å². The molecule has 0 aromatic heterocycles. The molecule has 0 bridgehead atoms. The molecule has 4 fully saturated rings. The lowest BCUT2D eigenvalue weighted by atomic mass is 9.73. The molecular formula is C22H26O3. The van der Waals surface area contributed by atoms with Gasteiger partial charge in [-0.1, -0.05) is 44.2 Å². The summed E-state index contributed by atoms with van der Waals surface area (Å²) in [5.74, 6) is 1.48. The zero-order chi connectivity index (χ0) is 17.2. The largest absolute Gasteiger partial charge is 0.459 e. The van der Waals surface area contributed by atoms with Gasteiger partial charge in [0.2, 0.25) is 0 Å². The number of carbonyl (C=O) groups excluding carboxylic acids is 1. The molecule has 0 amide bonds. The standard InChI is InChI=1S/C22H26O3/c1-21(2)15-9-11-17(20(15)16-10-12-18-22(16,21)25-18)24-19(23)13-8-14-6-4-3-5-7-14/h3-8,13,15-18,20H,9-12H2,1-2H3. The van der Waals surface area contributed by atoms with E-state index in [4.69, 9.17) is 9.47 Å². The Morgan fingerprint density at radius 3 is 2.64 bits per heavy atom. The van der Waals surface area contributed by atoms with Crippen LogP contribution in [0.1, 0.15) is 45.1 Å². The van der Waals surface area contributed by atoms with Crippen molar-refractivity contribution >= 4 is 12.0 Å². The summed E-state index contributed by atoms with van der Waals surface area (Å²) in [6.07, 6.45) is 8.52. The van der Waals surface area contributed by atoms with E-state index in [1.807, 2.05) is 36.4 Å². The number of fused-ring (bicyclic) bond motifs is 2. The Bertz CT molecular complexity index is 722. The third-order valence-corrected chi connectivity index (χ3v) is 7.58. The molecule has 3 aliphatic carbocycles. The first-order valence-corrected chi connectivity index (χ1v) is 9.65. The van der Waals surface area contributed by atoms with Gasteiger partial charge in [-0.15, -0.1) is 0 Å². The van der Waals surface area contributed by atoms with Gasteiger partial charge in [0.15, 0.2) is 0 Å². The molecule has 3 saturated carbocycles.